The van der Waals surface area contributed by atoms with E-state index < -0.39 is 0 Å². The third-order valence-corrected chi connectivity index (χ3v) is 6.57. The molecule has 35 heavy (non-hydrogen) atoms. The number of anilines is 1. The molecule has 1 aromatic heterocycles. The van der Waals surface area contributed by atoms with Crippen LogP contribution in [0.1, 0.15) is 38.3 Å². The van der Waals surface area contributed by atoms with Crippen LogP contribution in [0.5, 0.6) is 11.5 Å². The molecule has 0 saturated heterocycles. The molecule has 0 spiro atoms. The monoisotopic (exact) mass is 486 g/mol. The minimum absolute atomic E-state index is 0.0835. The predicted molar refractivity (Wildman–Crippen MR) is 142 cm³/mol. The Balaban J connectivity index is 1.30. The van der Waals surface area contributed by atoms with Gasteiger partial charge in [0.2, 0.25) is 0 Å². The fourth-order valence-corrected chi connectivity index (χ4v) is 4.43. The quantitative estimate of drug-likeness (QED) is 0.264. The number of carbonyl (C=O) groups is 1. The number of hydrogen-bond donors (Lipinski definition) is 1. The molecule has 0 fully saturated rings. The first-order valence-corrected chi connectivity index (χ1v) is 12.6. The molecule has 4 rings (SSSR count). The number of nitrogens with zero attached hydrogens (tertiary/aromatic N) is 1. The van der Waals surface area contributed by atoms with E-state index in [1.165, 1.54) is 22.5 Å². The fourth-order valence-electron chi connectivity index (χ4n) is 3.70. The minimum atomic E-state index is -0.247. The highest BCUT2D eigenvalue weighted by atomic mass is 32.1. The van der Waals surface area contributed by atoms with E-state index in [0.717, 1.165) is 23.4 Å². The average Bonchev–Trinajstić information content (AvgIpc) is 3.35. The lowest BCUT2D eigenvalue weighted by Crippen LogP contribution is -2.20. The molecule has 180 valence electrons. The van der Waals surface area contributed by atoms with Gasteiger partial charge in [0.05, 0.1) is 12.3 Å². The van der Waals surface area contributed by atoms with Crippen LogP contribution in [-0.4, -0.2) is 24.1 Å². The number of amides is 1. The zero-order valence-corrected chi connectivity index (χ0v) is 21.1. The molecule has 1 N–H and O–H groups in total. The van der Waals surface area contributed by atoms with Crippen molar-refractivity contribution in [3.05, 3.63) is 95.4 Å². The van der Waals surface area contributed by atoms with Crippen LogP contribution in [0.2, 0.25) is 0 Å². The fraction of sp³-hybridized carbons (Fsp3) is 0.241. The van der Waals surface area contributed by atoms with Crippen molar-refractivity contribution < 1.29 is 14.3 Å². The lowest BCUT2D eigenvalue weighted by Gasteiger charge is -2.26. The molecule has 0 atom stereocenters. The standard InChI is InChI=1S/C29H30N2O3S/c1-4-18-33-24-14-10-21(11-15-24)26-20-35-28(30-26)31-27(32)19-34-25-16-12-23(13-17-25)29(2,3)22-8-6-5-7-9-22/h5-17,20H,4,18-19H2,1-3H3,(H,30,31,32). The molecule has 0 aliphatic carbocycles. The van der Waals surface area contributed by atoms with Crippen LogP contribution >= 0.6 is 11.3 Å². The second kappa shape index (κ2) is 11.2. The zero-order valence-electron chi connectivity index (χ0n) is 20.3. The van der Waals surface area contributed by atoms with Crippen LogP contribution < -0.4 is 14.8 Å². The van der Waals surface area contributed by atoms with Gasteiger partial charge < -0.3 is 9.47 Å². The van der Waals surface area contributed by atoms with Crippen LogP contribution in [-0.2, 0) is 10.2 Å². The number of hydrogen-bond acceptors (Lipinski definition) is 5. The molecule has 3 aromatic carbocycles. The molecular weight excluding hydrogens is 456 g/mol. The van der Waals surface area contributed by atoms with Gasteiger partial charge in [-0.15, -0.1) is 11.3 Å². The number of thiazole rings is 1. The third-order valence-electron chi connectivity index (χ3n) is 5.81. The molecule has 0 bridgehead atoms. The smallest absolute Gasteiger partial charge is 0.264 e. The SMILES string of the molecule is CCCOc1ccc(-c2csc(NC(=O)COc3ccc(C(C)(C)c4ccccc4)cc3)n2)cc1. The molecule has 1 amide bonds. The summed E-state index contributed by atoms with van der Waals surface area (Å²) in [6.07, 6.45) is 0.971. The first-order chi connectivity index (χ1) is 17.0. The maximum atomic E-state index is 12.4. The lowest BCUT2D eigenvalue weighted by atomic mass is 9.78. The van der Waals surface area contributed by atoms with Crippen molar-refractivity contribution >= 4 is 22.4 Å². The lowest BCUT2D eigenvalue weighted by molar-refractivity contribution is -0.118. The van der Waals surface area contributed by atoms with E-state index in [-0.39, 0.29) is 17.9 Å². The van der Waals surface area contributed by atoms with Crippen molar-refractivity contribution in [1.82, 2.24) is 4.98 Å². The summed E-state index contributed by atoms with van der Waals surface area (Å²) >= 11 is 1.39. The molecule has 6 heteroatoms. The van der Waals surface area contributed by atoms with E-state index in [1.54, 1.807) is 0 Å². The van der Waals surface area contributed by atoms with Gasteiger partial charge in [0, 0.05) is 16.4 Å². The van der Waals surface area contributed by atoms with E-state index >= 15 is 0 Å². The summed E-state index contributed by atoms with van der Waals surface area (Å²) in [7, 11) is 0. The Morgan fingerprint density at radius 1 is 0.886 bits per heavy atom. The first-order valence-electron chi connectivity index (χ1n) is 11.7. The number of aromatic nitrogens is 1. The number of rotatable bonds is 10. The van der Waals surface area contributed by atoms with Crippen molar-refractivity contribution in [1.29, 1.82) is 0 Å². The zero-order chi connectivity index (χ0) is 24.7. The largest absolute Gasteiger partial charge is 0.494 e. The average molecular weight is 487 g/mol. The Kier molecular flexibility index (Phi) is 7.83. The van der Waals surface area contributed by atoms with Gasteiger partial charge in [0.25, 0.3) is 5.91 Å². The van der Waals surface area contributed by atoms with Crippen LogP contribution in [0.25, 0.3) is 11.3 Å². The Morgan fingerprint density at radius 2 is 1.51 bits per heavy atom. The molecule has 1 heterocycles. The second-order valence-corrected chi connectivity index (χ2v) is 9.62. The van der Waals surface area contributed by atoms with E-state index in [0.29, 0.717) is 17.5 Å². The summed E-state index contributed by atoms with van der Waals surface area (Å²) in [5, 5.41) is 5.28. The van der Waals surface area contributed by atoms with Crippen LogP contribution in [0.4, 0.5) is 5.13 Å². The van der Waals surface area contributed by atoms with E-state index in [9.17, 15) is 4.79 Å². The Morgan fingerprint density at radius 3 is 2.20 bits per heavy atom. The maximum absolute atomic E-state index is 12.4. The van der Waals surface area contributed by atoms with Gasteiger partial charge in [-0.3, -0.25) is 10.1 Å². The summed E-state index contributed by atoms with van der Waals surface area (Å²) in [6, 6.07) is 26.1. The highest BCUT2D eigenvalue weighted by molar-refractivity contribution is 7.14. The summed E-state index contributed by atoms with van der Waals surface area (Å²) in [5.41, 5.74) is 4.09. The number of benzene rings is 3. The first kappa shape index (κ1) is 24.5. The van der Waals surface area contributed by atoms with Gasteiger partial charge >= 0.3 is 0 Å². The molecule has 5 nitrogen and oxygen atoms in total. The van der Waals surface area contributed by atoms with Crippen LogP contribution in [0, 0.1) is 0 Å². The molecule has 0 radical (unpaired) electrons. The van der Waals surface area contributed by atoms with Gasteiger partial charge in [-0.2, -0.15) is 0 Å². The topological polar surface area (TPSA) is 60.5 Å². The minimum Gasteiger partial charge on any atom is -0.494 e. The predicted octanol–water partition coefficient (Wildman–Crippen LogP) is 6.94. The van der Waals surface area contributed by atoms with Gasteiger partial charge in [0.15, 0.2) is 11.7 Å². The van der Waals surface area contributed by atoms with Gasteiger partial charge in [-0.25, -0.2) is 4.98 Å². The molecule has 0 saturated carbocycles. The number of ether oxygens (including phenoxy) is 2. The summed E-state index contributed by atoms with van der Waals surface area (Å²) in [4.78, 5) is 16.9. The Bertz CT molecular complexity index is 1230. The normalized spacial score (nSPS) is 11.2. The summed E-state index contributed by atoms with van der Waals surface area (Å²) in [5.74, 6) is 1.24. The van der Waals surface area contributed by atoms with Crippen molar-refractivity contribution in [2.45, 2.75) is 32.6 Å². The Hall–Kier alpha value is -3.64. The molecular formula is C29H30N2O3S. The highest BCUT2D eigenvalue weighted by Crippen LogP contribution is 2.32. The third kappa shape index (κ3) is 6.28. The van der Waals surface area contributed by atoms with Crippen molar-refractivity contribution in [3.63, 3.8) is 0 Å². The van der Waals surface area contributed by atoms with E-state index in [2.05, 4.69) is 55.3 Å². The highest BCUT2D eigenvalue weighted by Gasteiger charge is 2.22. The number of carbonyl (C=O) groups excluding carboxylic acids is 1. The Labute approximate surface area is 210 Å². The van der Waals surface area contributed by atoms with Crippen molar-refractivity contribution in [2.24, 2.45) is 0 Å². The van der Waals surface area contributed by atoms with Gasteiger partial charge in [-0.1, -0.05) is 63.2 Å². The van der Waals surface area contributed by atoms with Crippen LogP contribution in [0.15, 0.2) is 84.2 Å². The summed E-state index contributed by atoms with van der Waals surface area (Å²) < 4.78 is 11.3. The van der Waals surface area contributed by atoms with E-state index in [1.807, 2.05) is 60.0 Å². The second-order valence-electron chi connectivity index (χ2n) is 8.76. The molecule has 4 aromatic rings. The molecule has 0 unspecified atom stereocenters. The van der Waals surface area contributed by atoms with Gasteiger partial charge in [-0.05, 0) is 53.9 Å². The van der Waals surface area contributed by atoms with Gasteiger partial charge in [0.1, 0.15) is 11.5 Å². The van der Waals surface area contributed by atoms with Crippen molar-refractivity contribution in [3.8, 4) is 22.8 Å². The van der Waals surface area contributed by atoms with E-state index in [4.69, 9.17) is 9.47 Å². The van der Waals surface area contributed by atoms with Crippen molar-refractivity contribution in [2.75, 3.05) is 18.5 Å². The summed E-state index contributed by atoms with van der Waals surface area (Å²) in [6.45, 7) is 7.09. The van der Waals surface area contributed by atoms with Crippen LogP contribution in [0.3, 0.4) is 0 Å². The maximum Gasteiger partial charge on any atom is 0.264 e. The molecule has 0 aliphatic heterocycles. The number of nitrogens with one attached hydrogen (secondary N) is 1. The molecule has 0 aliphatic rings.